The minimum absolute atomic E-state index is 0. The van der Waals surface area contributed by atoms with Crippen LogP contribution >= 0.6 is 24.8 Å². The lowest BCUT2D eigenvalue weighted by atomic mass is 9.84. The first-order chi connectivity index (χ1) is 8.79. The van der Waals surface area contributed by atoms with Gasteiger partial charge in [-0.1, -0.05) is 19.3 Å². The summed E-state index contributed by atoms with van der Waals surface area (Å²) in [6, 6.07) is 1.94. The number of nitrogens with zero attached hydrogens (tertiary/aromatic N) is 1. The third-order valence-corrected chi connectivity index (χ3v) is 3.73. The summed E-state index contributed by atoms with van der Waals surface area (Å²) >= 11 is 0. The standard InChI is InChI=1S/C13H22N4O.2ClH/c14-9-12(10-4-2-1-3-5-10)16-13(18)8-11-6-7-15-17-11;;/h6-7,10,12H,1-5,8-9,14H2,(H,15,17)(H,16,18);2*1H. The summed E-state index contributed by atoms with van der Waals surface area (Å²) in [5.74, 6) is 0.578. The molecule has 0 saturated heterocycles. The Morgan fingerprint density at radius 1 is 1.40 bits per heavy atom. The van der Waals surface area contributed by atoms with Crippen molar-refractivity contribution < 1.29 is 4.79 Å². The zero-order valence-electron chi connectivity index (χ0n) is 11.5. The first-order valence-corrected chi connectivity index (χ1v) is 6.77. The zero-order valence-corrected chi connectivity index (χ0v) is 13.1. The maximum absolute atomic E-state index is 11.9. The summed E-state index contributed by atoms with van der Waals surface area (Å²) in [5.41, 5.74) is 6.63. The van der Waals surface area contributed by atoms with E-state index in [0.29, 0.717) is 18.9 Å². The van der Waals surface area contributed by atoms with Crippen LogP contribution in [-0.4, -0.2) is 28.7 Å². The van der Waals surface area contributed by atoms with Crippen LogP contribution in [0.2, 0.25) is 0 Å². The number of hydrogen-bond acceptors (Lipinski definition) is 3. The summed E-state index contributed by atoms with van der Waals surface area (Å²) in [4.78, 5) is 11.9. The first-order valence-electron chi connectivity index (χ1n) is 6.77. The predicted molar refractivity (Wildman–Crippen MR) is 84.3 cm³/mol. The Labute approximate surface area is 132 Å². The normalized spacial score (nSPS) is 16.6. The molecule has 1 atom stereocenters. The number of H-pyrrole nitrogens is 1. The smallest absolute Gasteiger partial charge is 0.226 e. The minimum atomic E-state index is 0. The van der Waals surface area contributed by atoms with E-state index in [0.717, 1.165) is 5.69 Å². The largest absolute Gasteiger partial charge is 0.351 e. The van der Waals surface area contributed by atoms with E-state index < -0.39 is 0 Å². The third kappa shape index (κ3) is 5.69. The zero-order chi connectivity index (χ0) is 12.8. The summed E-state index contributed by atoms with van der Waals surface area (Å²) < 4.78 is 0. The summed E-state index contributed by atoms with van der Waals surface area (Å²) in [5, 5.41) is 9.69. The molecule has 20 heavy (non-hydrogen) atoms. The van der Waals surface area contributed by atoms with Crippen molar-refractivity contribution in [3.63, 3.8) is 0 Å². The second-order valence-electron chi connectivity index (χ2n) is 5.07. The predicted octanol–water partition coefficient (Wildman–Crippen LogP) is 1.82. The van der Waals surface area contributed by atoms with Crippen LogP contribution in [0.1, 0.15) is 37.8 Å². The molecule has 1 aliphatic carbocycles. The van der Waals surface area contributed by atoms with Gasteiger partial charge in [-0.2, -0.15) is 5.10 Å². The molecule has 2 rings (SSSR count). The van der Waals surface area contributed by atoms with Gasteiger partial charge in [0.15, 0.2) is 0 Å². The number of aromatic amines is 1. The summed E-state index contributed by atoms with van der Waals surface area (Å²) in [7, 11) is 0. The fourth-order valence-corrected chi connectivity index (χ4v) is 2.72. The molecule has 0 spiro atoms. The van der Waals surface area contributed by atoms with E-state index in [1.165, 1.54) is 32.1 Å². The number of nitrogens with two attached hydrogens (primary N) is 1. The fourth-order valence-electron chi connectivity index (χ4n) is 2.72. The molecule has 5 nitrogen and oxygen atoms in total. The van der Waals surface area contributed by atoms with Gasteiger partial charge in [-0.05, 0) is 24.8 Å². The molecule has 0 aromatic carbocycles. The van der Waals surface area contributed by atoms with E-state index in [4.69, 9.17) is 5.73 Å². The van der Waals surface area contributed by atoms with Crippen LogP contribution in [0.25, 0.3) is 0 Å². The molecule has 0 aliphatic heterocycles. The Morgan fingerprint density at radius 3 is 2.65 bits per heavy atom. The maximum Gasteiger partial charge on any atom is 0.226 e. The molecule has 0 bridgehead atoms. The molecule has 1 unspecified atom stereocenters. The number of hydrogen-bond donors (Lipinski definition) is 3. The SMILES string of the molecule is Cl.Cl.NCC(NC(=O)Cc1ccn[nH]1)C1CCCCC1. The summed E-state index contributed by atoms with van der Waals surface area (Å²) in [6.45, 7) is 0.527. The van der Waals surface area contributed by atoms with Crippen LogP contribution in [0.5, 0.6) is 0 Å². The molecule has 116 valence electrons. The van der Waals surface area contributed by atoms with Crippen molar-refractivity contribution in [1.82, 2.24) is 15.5 Å². The molecule has 1 aliphatic rings. The Bertz CT molecular complexity index is 366. The second kappa shape index (κ2) is 10.0. The number of nitrogens with one attached hydrogen (secondary N) is 2. The molecule has 1 fully saturated rings. The van der Waals surface area contributed by atoms with Crippen LogP contribution in [0.3, 0.4) is 0 Å². The minimum Gasteiger partial charge on any atom is -0.351 e. The molecule has 1 amide bonds. The van der Waals surface area contributed by atoms with Gasteiger partial charge in [-0.3, -0.25) is 9.89 Å². The van der Waals surface area contributed by atoms with Gasteiger partial charge in [0.05, 0.1) is 6.42 Å². The highest BCUT2D eigenvalue weighted by molar-refractivity contribution is 5.85. The quantitative estimate of drug-likeness (QED) is 0.773. The average molecular weight is 323 g/mol. The number of carbonyl (C=O) groups excluding carboxylic acids is 1. The number of carbonyl (C=O) groups is 1. The van der Waals surface area contributed by atoms with Crippen molar-refractivity contribution in [3.05, 3.63) is 18.0 Å². The van der Waals surface area contributed by atoms with Gasteiger partial charge in [-0.25, -0.2) is 0 Å². The highest BCUT2D eigenvalue weighted by Gasteiger charge is 2.23. The van der Waals surface area contributed by atoms with E-state index in [1.807, 2.05) is 6.07 Å². The highest BCUT2D eigenvalue weighted by Crippen LogP contribution is 2.26. The van der Waals surface area contributed by atoms with E-state index in [1.54, 1.807) is 6.20 Å². The second-order valence-corrected chi connectivity index (χ2v) is 5.07. The van der Waals surface area contributed by atoms with Crippen LogP contribution in [0.15, 0.2) is 12.3 Å². The topological polar surface area (TPSA) is 83.8 Å². The Kier molecular flexibility index (Phi) is 9.63. The molecular weight excluding hydrogens is 299 g/mol. The van der Waals surface area contributed by atoms with Gasteiger partial charge in [0.1, 0.15) is 0 Å². The van der Waals surface area contributed by atoms with E-state index in [9.17, 15) is 4.79 Å². The van der Waals surface area contributed by atoms with Crippen molar-refractivity contribution in [2.45, 2.75) is 44.6 Å². The molecule has 0 radical (unpaired) electrons. The van der Waals surface area contributed by atoms with Crippen molar-refractivity contribution in [2.24, 2.45) is 11.7 Å². The van der Waals surface area contributed by atoms with Crippen LogP contribution in [0, 0.1) is 5.92 Å². The monoisotopic (exact) mass is 322 g/mol. The highest BCUT2D eigenvalue weighted by atomic mass is 35.5. The van der Waals surface area contributed by atoms with Crippen LogP contribution in [0.4, 0.5) is 0 Å². The molecule has 1 aromatic rings. The van der Waals surface area contributed by atoms with Gasteiger partial charge in [-0.15, -0.1) is 24.8 Å². The average Bonchev–Trinajstić information content (AvgIpc) is 2.90. The van der Waals surface area contributed by atoms with Gasteiger partial charge in [0.2, 0.25) is 5.91 Å². The van der Waals surface area contributed by atoms with E-state index in [2.05, 4.69) is 15.5 Å². The number of rotatable bonds is 5. The van der Waals surface area contributed by atoms with E-state index >= 15 is 0 Å². The number of aromatic nitrogens is 2. The maximum atomic E-state index is 11.9. The molecule has 1 heterocycles. The van der Waals surface area contributed by atoms with Crippen molar-refractivity contribution in [1.29, 1.82) is 0 Å². The van der Waals surface area contributed by atoms with Crippen molar-refractivity contribution in [3.8, 4) is 0 Å². The van der Waals surface area contributed by atoms with Gasteiger partial charge in [0.25, 0.3) is 0 Å². The Hall–Kier alpha value is -0.780. The van der Waals surface area contributed by atoms with E-state index in [-0.39, 0.29) is 36.8 Å². The van der Waals surface area contributed by atoms with Crippen molar-refractivity contribution in [2.75, 3.05) is 6.54 Å². The molecule has 1 aromatic heterocycles. The lowest BCUT2D eigenvalue weighted by Crippen LogP contribution is -2.46. The molecule has 1 saturated carbocycles. The Morgan fingerprint density at radius 2 is 2.10 bits per heavy atom. The fraction of sp³-hybridized carbons (Fsp3) is 0.692. The van der Waals surface area contributed by atoms with Gasteiger partial charge < -0.3 is 11.1 Å². The van der Waals surface area contributed by atoms with Crippen LogP contribution < -0.4 is 11.1 Å². The van der Waals surface area contributed by atoms with Gasteiger partial charge >= 0.3 is 0 Å². The number of amides is 1. The Balaban J connectivity index is 0.00000180. The molecule has 7 heteroatoms. The molecular formula is C13H24Cl2N4O. The lowest BCUT2D eigenvalue weighted by molar-refractivity contribution is -0.121. The van der Waals surface area contributed by atoms with Crippen molar-refractivity contribution >= 4 is 30.7 Å². The van der Waals surface area contributed by atoms with Gasteiger partial charge in [0, 0.05) is 24.5 Å². The first kappa shape index (κ1) is 19.2. The lowest BCUT2D eigenvalue weighted by Gasteiger charge is -2.30. The molecule has 4 N–H and O–H groups in total. The van der Waals surface area contributed by atoms with Crippen LogP contribution in [-0.2, 0) is 11.2 Å². The summed E-state index contributed by atoms with van der Waals surface area (Å²) in [6.07, 6.45) is 8.22. The number of halogens is 2. The third-order valence-electron chi connectivity index (χ3n) is 3.73.